The van der Waals surface area contributed by atoms with Crippen LogP contribution in [0.15, 0.2) is 40.9 Å². The number of rotatable bonds is 7. The Morgan fingerprint density at radius 2 is 2.00 bits per heavy atom. The number of amides is 1. The van der Waals surface area contributed by atoms with Gasteiger partial charge in [0, 0.05) is 17.9 Å². The second kappa shape index (κ2) is 10.1. The summed E-state index contributed by atoms with van der Waals surface area (Å²) in [6.07, 6.45) is 4.84. The van der Waals surface area contributed by atoms with Crippen molar-refractivity contribution in [2.24, 2.45) is 11.7 Å². The van der Waals surface area contributed by atoms with E-state index in [0.29, 0.717) is 5.69 Å². The topological polar surface area (TPSA) is 138 Å². The number of nitriles is 1. The number of benzene rings is 1. The van der Waals surface area contributed by atoms with Crippen LogP contribution in [0.2, 0.25) is 0 Å². The molecule has 1 fully saturated rings. The smallest absolute Gasteiger partial charge is 0.402 e. The van der Waals surface area contributed by atoms with Gasteiger partial charge < -0.3 is 20.9 Å². The van der Waals surface area contributed by atoms with E-state index in [-0.39, 0.29) is 28.3 Å². The van der Waals surface area contributed by atoms with Crippen molar-refractivity contribution in [3.63, 3.8) is 0 Å². The van der Waals surface area contributed by atoms with Crippen LogP contribution < -0.4 is 16.4 Å². The quantitative estimate of drug-likeness (QED) is 0.237. The lowest BCUT2D eigenvalue weighted by molar-refractivity contribution is -0.114. The third kappa shape index (κ3) is 5.68. The highest BCUT2D eigenvalue weighted by Gasteiger charge is 2.25. The highest BCUT2D eigenvalue weighted by atomic mass is 32.2. The van der Waals surface area contributed by atoms with Crippen LogP contribution in [-0.2, 0) is 16.0 Å². The maximum absolute atomic E-state index is 12.5. The molecule has 1 aromatic rings. The molecule has 1 unspecified atom stereocenters. The van der Waals surface area contributed by atoms with Crippen LogP contribution >= 0.6 is 0 Å². The largest absolute Gasteiger partial charge is 0.607 e. The first-order valence-corrected chi connectivity index (χ1v) is 9.85. The Balaban J connectivity index is 2.06. The van der Waals surface area contributed by atoms with E-state index in [1.807, 2.05) is 0 Å². The number of primary amides is 1. The lowest BCUT2D eigenvalue weighted by Crippen LogP contribution is -2.36. The Hall–Kier alpha value is -2.64. The molecular weight excluding hydrogens is 388 g/mol. The van der Waals surface area contributed by atoms with Crippen molar-refractivity contribution in [1.29, 1.82) is 10.7 Å². The van der Waals surface area contributed by atoms with Crippen molar-refractivity contribution in [1.82, 2.24) is 5.32 Å². The van der Waals surface area contributed by atoms with Crippen molar-refractivity contribution >= 4 is 28.6 Å². The van der Waals surface area contributed by atoms with E-state index >= 15 is 0 Å². The van der Waals surface area contributed by atoms with Crippen molar-refractivity contribution in [2.45, 2.75) is 42.4 Å². The van der Waals surface area contributed by atoms with Crippen LogP contribution in [-0.4, -0.2) is 28.1 Å². The van der Waals surface area contributed by atoms with Gasteiger partial charge in [-0.15, -0.1) is 0 Å². The summed E-state index contributed by atoms with van der Waals surface area (Å²) in [4.78, 5) is 11.7. The number of carbonyl (C=O) groups excluding carboxylic acids is 1. The molecule has 1 aliphatic carbocycles. The average Bonchev–Trinajstić information content (AvgIpc) is 2.68. The molecule has 5 N–H and O–H groups in total. The van der Waals surface area contributed by atoms with Crippen molar-refractivity contribution in [3.05, 3.63) is 36.0 Å². The van der Waals surface area contributed by atoms with Crippen LogP contribution in [0.1, 0.15) is 25.7 Å². The molecule has 10 heteroatoms. The number of carbonyl (C=O) groups is 1. The summed E-state index contributed by atoms with van der Waals surface area (Å²) in [7, 11) is 0. The normalized spacial score (nSPS) is 20.9. The van der Waals surface area contributed by atoms with Gasteiger partial charge in [0.2, 0.25) is 0 Å². The number of hydrogen-bond acceptors (Lipinski definition) is 5. The second-order valence-corrected chi connectivity index (χ2v) is 7.72. The third-order valence-corrected chi connectivity index (χ3v) is 5.49. The van der Waals surface area contributed by atoms with Crippen molar-refractivity contribution in [2.75, 3.05) is 5.32 Å². The van der Waals surface area contributed by atoms with Gasteiger partial charge in [-0.3, -0.25) is 10.2 Å². The van der Waals surface area contributed by atoms with Crippen LogP contribution in [0, 0.1) is 22.7 Å². The van der Waals surface area contributed by atoms with Gasteiger partial charge >= 0.3 is 5.76 Å². The van der Waals surface area contributed by atoms with E-state index in [9.17, 15) is 23.4 Å². The number of amidine groups is 1. The number of nitrogens with zero attached hydrogens (tertiary/aromatic N) is 1. The molecule has 0 aromatic heterocycles. The minimum atomic E-state index is -2.98. The summed E-state index contributed by atoms with van der Waals surface area (Å²) in [6.45, 7) is 0. The molecule has 7 nitrogen and oxygen atoms in total. The van der Waals surface area contributed by atoms with Gasteiger partial charge in [0.15, 0.2) is 4.90 Å². The van der Waals surface area contributed by atoms with E-state index in [2.05, 4.69) is 16.7 Å². The van der Waals surface area contributed by atoms with E-state index < -0.39 is 22.8 Å². The molecule has 2 rings (SSSR count). The predicted molar refractivity (Wildman–Crippen MR) is 102 cm³/mol. The van der Waals surface area contributed by atoms with Gasteiger partial charge in [0.25, 0.3) is 5.91 Å². The highest BCUT2D eigenvalue weighted by Crippen LogP contribution is 2.24. The maximum atomic E-state index is 12.5. The number of alkyl halides is 2. The summed E-state index contributed by atoms with van der Waals surface area (Å²) in [6, 6.07) is 7.38. The number of nitrogens with one attached hydrogen (secondary N) is 3. The highest BCUT2D eigenvalue weighted by molar-refractivity contribution is 7.91. The Kier molecular flexibility index (Phi) is 7.78. The Labute approximate surface area is 164 Å². The standard InChI is InChI=1S/C18H21F2N5O2S/c19-18(20)28(27)13-7-5-12(6-8-13)25-16(22)14(17(23)26)10-24-15-4-2-1-3-11(15)9-21/h5-8,10-11,15,18,24H,1-4H2,(H2,22,25)(H2,23,26)/b14-10+/t11-,15+,28?/m1/s1. The molecule has 0 radical (unpaired) electrons. The van der Waals surface area contributed by atoms with Gasteiger partial charge in [-0.2, -0.15) is 14.0 Å². The van der Waals surface area contributed by atoms with E-state index in [0.717, 1.165) is 25.7 Å². The van der Waals surface area contributed by atoms with Gasteiger partial charge in [0.05, 0.1) is 28.7 Å². The molecule has 0 spiro atoms. The van der Waals surface area contributed by atoms with Crippen LogP contribution in [0.5, 0.6) is 0 Å². The van der Waals surface area contributed by atoms with E-state index in [1.165, 1.54) is 30.5 Å². The van der Waals surface area contributed by atoms with Gasteiger partial charge in [-0.05, 0) is 37.1 Å². The lowest BCUT2D eigenvalue weighted by atomic mass is 9.85. The summed E-state index contributed by atoms with van der Waals surface area (Å²) >= 11 is -2.42. The first kappa shape index (κ1) is 21.7. The monoisotopic (exact) mass is 409 g/mol. The van der Waals surface area contributed by atoms with Gasteiger partial charge in [0.1, 0.15) is 5.84 Å². The molecule has 1 aromatic carbocycles. The number of anilines is 1. The minimum Gasteiger partial charge on any atom is -0.607 e. The van der Waals surface area contributed by atoms with Crippen molar-refractivity contribution in [3.8, 4) is 6.07 Å². The summed E-state index contributed by atoms with van der Waals surface area (Å²) in [5.74, 6) is -4.27. The zero-order valence-corrected chi connectivity index (χ0v) is 15.8. The van der Waals surface area contributed by atoms with Crippen LogP contribution in [0.25, 0.3) is 0 Å². The summed E-state index contributed by atoms with van der Waals surface area (Å²) in [5.41, 5.74) is 5.59. The molecule has 1 aliphatic rings. The number of nitrogens with two attached hydrogens (primary N) is 1. The minimum absolute atomic E-state index is 0.0424. The zero-order valence-electron chi connectivity index (χ0n) is 15.0. The molecule has 28 heavy (non-hydrogen) atoms. The fraction of sp³-hybridized carbons (Fsp3) is 0.389. The summed E-state index contributed by atoms with van der Waals surface area (Å²) < 4.78 is 36.3. The Morgan fingerprint density at radius 1 is 1.36 bits per heavy atom. The summed E-state index contributed by atoms with van der Waals surface area (Å²) in [5, 5.41) is 22.9. The molecular formula is C18H21F2N5O2S. The fourth-order valence-electron chi connectivity index (χ4n) is 2.93. The molecule has 150 valence electrons. The first-order valence-electron chi connectivity index (χ1n) is 8.64. The Bertz CT molecular complexity index is 779. The Morgan fingerprint density at radius 3 is 2.57 bits per heavy atom. The number of halogens is 2. The molecule has 0 bridgehead atoms. The zero-order chi connectivity index (χ0) is 20.7. The molecule has 1 amide bonds. The molecule has 1 saturated carbocycles. The van der Waals surface area contributed by atoms with Crippen LogP contribution in [0.3, 0.4) is 0 Å². The first-order chi connectivity index (χ1) is 13.3. The van der Waals surface area contributed by atoms with E-state index in [4.69, 9.17) is 11.1 Å². The van der Waals surface area contributed by atoms with Crippen LogP contribution in [0.4, 0.5) is 14.5 Å². The van der Waals surface area contributed by atoms with Gasteiger partial charge in [-0.25, -0.2) is 0 Å². The van der Waals surface area contributed by atoms with E-state index in [1.54, 1.807) is 0 Å². The fourth-order valence-corrected chi connectivity index (χ4v) is 3.54. The SMILES string of the molecule is N#C[C@H]1CCCC[C@@H]1N/C=C(\C(=N)Nc1ccc([S+]([O-])C(F)F)cc1)C(N)=O. The lowest BCUT2D eigenvalue weighted by Gasteiger charge is -2.27. The molecule has 0 heterocycles. The molecule has 0 saturated heterocycles. The molecule has 0 aliphatic heterocycles. The number of hydrogen-bond donors (Lipinski definition) is 4. The molecule has 3 atom stereocenters. The maximum Gasteiger partial charge on any atom is 0.402 e. The van der Waals surface area contributed by atoms with Crippen molar-refractivity contribution < 1.29 is 18.1 Å². The second-order valence-electron chi connectivity index (χ2n) is 6.30. The van der Waals surface area contributed by atoms with Gasteiger partial charge in [-0.1, -0.05) is 12.8 Å². The average molecular weight is 409 g/mol. The predicted octanol–water partition coefficient (Wildman–Crippen LogP) is 2.45. The third-order valence-electron chi connectivity index (χ3n) is 4.43.